The fraction of sp³-hybridized carbons (Fsp3) is 0.882. The van der Waals surface area contributed by atoms with E-state index in [1.807, 2.05) is 39.5 Å². The first-order chi connectivity index (χ1) is 9.23. The van der Waals surface area contributed by atoms with Gasteiger partial charge in [0.15, 0.2) is 5.78 Å². The summed E-state index contributed by atoms with van der Waals surface area (Å²) < 4.78 is 0. The summed E-state index contributed by atoms with van der Waals surface area (Å²) >= 11 is 0. The van der Waals surface area contributed by atoms with Crippen molar-refractivity contribution in [1.82, 2.24) is 4.90 Å². The molecule has 0 aromatic rings. The summed E-state index contributed by atoms with van der Waals surface area (Å²) in [6.07, 6.45) is 4.75. The zero-order valence-corrected chi connectivity index (χ0v) is 13.6. The molecule has 0 bridgehead atoms. The highest BCUT2D eigenvalue weighted by Crippen LogP contribution is 2.42. The van der Waals surface area contributed by atoms with Crippen LogP contribution < -0.4 is 0 Å². The molecule has 114 valence electrons. The molecule has 2 rings (SSSR count). The average Bonchev–Trinajstić information content (AvgIpc) is 2.74. The van der Waals surface area contributed by atoms with Crippen LogP contribution in [0.3, 0.4) is 0 Å². The molecule has 0 N–H and O–H groups in total. The minimum Gasteiger partial charge on any atom is -0.332 e. The molecule has 1 amide bonds. The quantitative estimate of drug-likeness (QED) is 0.778. The summed E-state index contributed by atoms with van der Waals surface area (Å²) in [5, 5.41) is 0. The van der Waals surface area contributed by atoms with Gasteiger partial charge in [-0.05, 0) is 24.7 Å². The molecule has 3 heteroatoms. The molecule has 2 aliphatic rings. The number of Topliss-reactive ketones (excluding diaryl/α,β-unsaturated/α-hetero) is 1. The molecule has 3 unspecified atom stereocenters. The lowest BCUT2D eigenvalue weighted by Crippen LogP contribution is -2.48. The molecule has 2 fully saturated rings. The van der Waals surface area contributed by atoms with Crippen LogP contribution in [0, 0.1) is 23.2 Å². The van der Waals surface area contributed by atoms with Gasteiger partial charge >= 0.3 is 0 Å². The molecule has 1 aliphatic heterocycles. The van der Waals surface area contributed by atoms with E-state index < -0.39 is 5.41 Å². The average molecular weight is 279 g/mol. The van der Waals surface area contributed by atoms with Gasteiger partial charge in [-0.2, -0.15) is 0 Å². The summed E-state index contributed by atoms with van der Waals surface area (Å²) in [7, 11) is 0. The Morgan fingerprint density at radius 3 is 2.25 bits per heavy atom. The predicted molar refractivity (Wildman–Crippen MR) is 80.2 cm³/mol. The topological polar surface area (TPSA) is 37.4 Å². The Morgan fingerprint density at radius 1 is 1.10 bits per heavy atom. The van der Waals surface area contributed by atoms with Gasteiger partial charge in [-0.15, -0.1) is 0 Å². The third kappa shape index (κ3) is 2.77. The second-order valence-corrected chi connectivity index (χ2v) is 7.92. The lowest BCUT2D eigenvalue weighted by atomic mass is 9.76. The molecular weight excluding hydrogens is 250 g/mol. The SMILES string of the molecule is CC(C)C(=O)C1C2CCCCC2CN1C(=O)C(C)(C)C. The van der Waals surface area contributed by atoms with Gasteiger partial charge in [-0.1, -0.05) is 47.5 Å². The van der Waals surface area contributed by atoms with E-state index >= 15 is 0 Å². The highest BCUT2D eigenvalue weighted by atomic mass is 16.2. The molecule has 3 atom stereocenters. The number of fused-ring (bicyclic) bond motifs is 1. The van der Waals surface area contributed by atoms with Crippen molar-refractivity contribution in [3.8, 4) is 0 Å². The first-order valence-corrected chi connectivity index (χ1v) is 8.08. The molecule has 1 saturated carbocycles. The van der Waals surface area contributed by atoms with E-state index in [1.54, 1.807) is 0 Å². The summed E-state index contributed by atoms with van der Waals surface area (Å²) in [4.78, 5) is 27.3. The monoisotopic (exact) mass is 279 g/mol. The van der Waals surface area contributed by atoms with Crippen molar-refractivity contribution in [2.45, 2.75) is 66.3 Å². The fourth-order valence-corrected chi connectivity index (χ4v) is 3.82. The molecule has 0 aromatic heterocycles. The molecule has 1 aliphatic carbocycles. The van der Waals surface area contributed by atoms with Gasteiger partial charge in [0.1, 0.15) is 0 Å². The molecule has 3 nitrogen and oxygen atoms in total. The zero-order valence-electron chi connectivity index (χ0n) is 13.6. The van der Waals surface area contributed by atoms with Crippen molar-refractivity contribution in [2.24, 2.45) is 23.2 Å². The van der Waals surface area contributed by atoms with Crippen LogP contribution in [-0.4, -0.2) is 29.2 Å². The summed E-state index contributed by atoms with van der Waals surface area (Å²) in [6.45, 7) is 10.6. The van der Waals surface area contributed by atoms with Gasteiger partial charge < -0.3 is 4.90 Å². The van der Waals surface area contributed by atoms with Gasteiger partial charge in [-0.25, -0.2) is 0 Å². The van der Waals surface area contributed by atoms with E-state index in [-0.39, 0.29) is 23.7 Å². The van der Waals surface area contributed by atoms with Gasteiger partial charge in [0, 0.05) is 17.9 Å². The van der Waals surface area contributed by atoms with Crippen LogP contribution in [0.2, 0.25) is 0 Å². The largest absolute Gasteiger partial charge is 0.332 e. The highest BCUT2D eigenvalue weighted by molar-refractivity contribution is 5.92. The predicted octanol–water partition coefficient (Wildman–Crippen LogP) is 3.27. The highest BCUT2D eigenvalue weighted by Gasteiger charge is 2.49. The van der Waals surface area contributed by atoms with Crippen molar-refractivity contribution in [3.05, 3.63) is 0 Å². The fourth-order valence-electron chi connectivity index (χ4n) is 3.82. The molecule has 1 heterocycles. The minimum atomic E-state index is -0.400. The van der Waals surface area contributed by atoms with E-state index in [2.05, 4.69) is 0 Å². The number of likely N-dealkylation sites (tertiary alicyclic amines) is 1. The number of carbonyl (C=O) groups excluding carboxylic acids is 2. The van der Waals surface area contributed by atoms with E-state index in [4.69, 9.17) is 0 Å². The van der Waals surface area contributed by atoms with Crippen LogP contribution in [0.1, 0.15) is 60.3 Å². The number of ketones is 1. The van der Waals surface area contributed by atoms with E-state index in [1.165, 1.54) is 19.3 Å². The summed E-state index contributed by atoms with van der Waals surface area (Å²) in [5.41, 5.74) is -0.400. The number of hydrogen-bond donors (Lipinski definition) is 0. The van der Waals surface area contributed by atoms with E-state index in [0.29, 0.717) is 11.8 Å². The van der Waals surface area contributed by atoms with Crippen molar-refractivity contribution in [3.63, 3.8) is 0 Å². The maximum absolute atomic E-state index is 12.7. The van der Waals surface area contributed by atoms with Gasteiger partial charge in [0.05, 0.1) is 6.04 Å². The van der Waals surface area contributed by atoms with Crippen molar-refractivity contribution < 1.29 is 9.59 Å². The summed E-state index contributed by atoms with van der Waals surface area (Å²) in [5.74, 6) is 1.37. The van der Waals surface area contributed by atoms with Crippen molar-refractivity contribution in [1.29, 1.82) is 0 Å². The maximum atomic E-state index is 12.7. The van der Waals surface area contributed by atoms with Crippen LogP contribution in [0.5, 0.6) is 0 Å². The first-order valence-electron chi connectivity index (χ1n) is 8.08. The first kappa shape index (κ1) is 15.5. The second kappa shape index (κ2) is 5.50. The lowest BCUT2D eigenvalue weighted by Gasteiger charge is -2.33. The van der Waals surface area contributed by atoms with Crippen molar-refractivity contribution >= 4 is 11.7 Å². The van der Waals surface area contributed by atoms with Gasteiger partial charge in [0.2, 0.25) is 5.91 Å². The maximum Gasteiger partial charge on any atom is 0.228 e. The Kier molecular flexibility index (Phi) is 4.27. The Bertz CT molecular complexity index is 394. The minimum absolute atomic E-state index is 0.0101. The molecule has 0 spiro atoms. The molecular formula is C17H29NO2. The van der Waals surface area contributed by atoms with Crippen molar-refractivity contribution in [2.75, 3.05) is 6.54 Å². The summed E-state index contributed by atoms with van der Waals surface area (Å²) in [6, 6.07) is -0.160. The number of carbonyl (C=O) groups is 2. The third-order valence-electron chi connectivity index (χ3n) is 4.90. The van der Waals surface area contributed by atoms with Gasteiger partial charge in [-0.3, -0.25) is 9.59 Å². The molecule has 0 radical (unpaired) electrons. The van der Waals surface area contributed by atoms with Crippen LogP contribution in [0.4, 0.5) is 0 Å². The van der Waals surface area contributed by atoms with E-state index in [9.17, 15) is 9.59 Å². The Labute approximate surface area is 123 Å². The normalized spacial score (nSPS) is 30.5. The Balaban J connectivity index is 2.29. The Hall–Kier alpha value is -0.860. The second-order valence-electron chi connectivity index (χ2n) is 7.92. The standard InChI is InChI=1S/C17H29NO2/c1-11(2)15(19)14-13-9-7-6-8-12(13)10-18(14)16(20)17(3,4)5/h11-14H,6-10H2,1-5H3. The number of rotatable bonds is 2. The van der Waals surface area contributed by atoms with E-state index in [0.717, 1.165) is 13.0 Å². The zero-order chi connectivity index (χ0) is 15.1. The van der Waals surface area contributed by atoms with Crippen LogP contribution in [0.25, 0.3) is 0 Å². The molecule has 1 saturated heterocycles. The van der Waals surface area contributed by atoms with Crippen LogP contribution in [-0.2, 0) is 9.59 Å². The Morgan fingerprint density at radius 2 is 1.70 bits per heavy atom. The number of nitrogens with zero attached hydrogens (tertiary/aromatic N) is 1. The van der Waals surface area contributed by atoms with Crippen LogP contribution >= 0.6 is 0 Å². The third-order valence-corrected chi connectivity index (χ3v) is 4.90. The number of amides is 1. The lowest BCUT2D eigenvalue weighted by molar-refractivity contribution is -0.145. The van der Waals surface area contributed by atoms with Gasteiger partial charge in [0.25, 0.3) is 0 Å². The molecule has 0 aromatic carbocycles. The number of hydrogen-bond acceptors (Lipinski definition) is 2. The van der Waals surface area contributed by atoms with Crippen LogP contribution in [0.15, 0.2) is 0 Å². The smallest absolute Gasteiger partial charge is 0.228 e. The molecule has 20 heavy (non-hydrogen) atoms.